The minimum atomic E-state index is -0.229. The maximum atomic E-state index is 11.4. The summed E-state index contributed by atoms with van der Waals surface area (Å²) in [5.74, 6) is 0.318. The monoisotopic (exact) mass is 383 g/mol. The Balaban J connectivity index is 0.00000180. The number of esters is 1. The largest absolute Gasteiger partial charge is 1.00 e. The van der Waals surface area contributed by atoms with E-state index in [4.69, 9.17) is 9.47 Å². The second-order valence-electron chi connectivity index (χ2n) is 6.01. The van der Waals surface area contributed by atoms with Crippen LogP contribution < -0.4 is 24.0 Å². The van der Waals surface area contributed by atoms with Gasteiger partial charge in [0, 0.05) is 19.4 Å². The van der Waals surface area contributed by atoms with Gasteiger partial charge in [0.25, 0.3) is 0 Å². The molecule has 4 nitrogen and oxygen atoms in total. The molecule has 2 fully saturated rings. The molecule has 0 aromatic heterocycles. The molecule has 3 unspecified atom stereocenters. The highest BCUT2D eigenvalue weighted by atomic mass is 127. The van der Waals surface area contributed by atoms with Crippen LogP contribution in [0.2, 0.25) is 0 Å². The first kappa shape index (κ1) is 17.2. The summed E-state index contributed by atoms with van der Waals surface area (Å²) in [7, 11) is 3.91. The van der Waals surface area contributed by atoms with Gasteiger partial charge < -0.3 is 37.9 Å². The van der Waals surface area contributed by atoms with Gasteiger partial charge in [-0.15, -0.1) is 0 Å². The highest BCUT2D eigenvalue weighted by Crippen LogP contribution is 2.36. The van der Waals surface area contributed by atoms with Crippen LogP contribution in [0.1, 0.15) is 32.1 Å². The number of piperidine rings is 2. The molecule has 0 N–H and O–H groups in total. The highest BCUT2D eigenvalue weighted by Gasteiger charge is 2.43. The van der Waals surface area contributed by atoms with Crippen molar-refractivity contribution in [2.75, 3.05) is 40.5 Å². The Morgan fingerprint density at radius 2 is 1.95 bits per heavy atom. The number of ether oxygens (including phenoxy) is 2. The average Bonchev–Trinajstić information content (AvgIpc) is 2.35. The van der Waals surface area contributed by atoms with Gasteiger partial charge in [-0.05, 0) is 25.7 Å². The lowest BCUT2D eigenvalue weighted by Gasteiger charge is -2.51. The maximum absolute atomic E-state index is 11.4. The van der Waals surface area contributed by atoms with E-state index < -0.39 is 0 Å². The van der Waals surface area contributed by atoms with E-state index in [9.17, 15) is 4.79 Å². The molecule has 0 radical (unpaired) electrons. The van der Waals surface area contributed by atoms with Crippen LogP contribution in [-0.2, 0) is 14.3 Å². The predicted molar refractivity (Wildman–Crippen MR) is 69.1 cm³/mol. The molecule has 0 amide bonds. The SMILES string of the molecule is COCC(=O)OCC1CCC[N+]2(C)CCCCC12.[I-]. The Morgan fingerprint density at radius 3 is 2.68 bits per heavy atom. The van der Waals surface area contributed by atoms with Crippen LogP contribution in [0.5, 0.6) is 0 Å². The third kappa shape index (κ3) is 4.29. The number of hydrogen-bond acceptors (Lipinski definition) is 3. The number of carbonyl (C=O) groups excluding carboxylic acids is 1. The molecule has 2 heterocycles. The summed E-state index contributed by atoms with van der Waals surface area (Å²) in [6.45, 7) is 3.25. The fraction of sp³-hybridized carbons (Fsp3) is 0.929. The summed E-state index contributed by atoms with van der Waals surface area (Å²) in [5, 5.41) is 0. The topological polar surface area (TPSA) is 35.5 Å². The van der Waals surface area contributed by atoms with Crippen LogP contribution in [0, 0.1) is 5.92 Å². The number of halogens is 1. The Hall–Kier alpha value is 0.120. The first-order chi connectivity index (χ1) is 8.65. The van der Waals surface area contributed by atoms with Crippen molar-refractivity contribution in [3.63, 3.8) is 0 Å². The van der Waals surface area contributed by atoms with Gasteiger partial charge in [-0.3, -0.25) is 0 Å². The molecule has 0 aromatic carbocycles. The highest BCUT2D eigenvalue weighted by molar-refractivity contribution is 5.70. The zero-order chi connectivity index (χ0) is 13.0. The van der Waals surface area contributed by atoms with Crippen molar-refractivity contribution in [1.29, 1.82) is 0 Å². The molecule has 2 aliphatic heterocycles. The van der Waals surface area contributed by atoms with Gasteiger partial charge in [-0.1, -0.05) is 0 Å². The molecule has 0 aromatic rings. The van der Waals surface area contributed by atoms with E-state index in [-0.39, 0.29) is 36.6 Å². The fourth-order valence-corrected chi connectivity index (χ4v) is 3.79. The summed E-state index contributed by atoms with van der Waals surface area (Å²) in [5.41, 5.74) is 0. The number of hydrogen-bond donors (Lipinski definition) is 0. The second kappa shape index (κ2) is 7.78. The van der Waals surface area contributed by atoms with E-state index in [0.717, 1.165) is 0 Å². The molecule has 0 aliphatic carbocycles. The van der Waals surface area contributed by atoms with Crippen LogP contribution in [0.25, 0.3) is 0 Å². The summed E-state index contributed by atoms with van der Waals surface area (Å²) >= 11 is 0. The zero-order valence-electron chi connectivity index (χ0n) is 12.1. The van der Waals surface area contributed by atoms with Gasteiger partial charge in [-0.2, -0.15) is 0 Å². The minimum absolute atomic E-state index is 0. The summed E-state index contributed by atoms with van der Waals surface area (Å²) in [6.07, 6.45) is 6.45. The van der Waals surface area contributed by atoms with Gasteiger partial charge in [0.1, 0.15) is 6.61 Å². The van der Waals surface area contributed by atoms with E-state index in [1.807, 2.05) is 0 Å². The van der Waals surface area contributed by atoms with Crippen molar-refractivity contribution in [1.82, 2.24) is 0 Å². The smallest absolute Gasteiger partial charge is 0.332 e. The molecule has 3 atom stereocenters. The van der Waals surface area contributed by atoms with E-state index >= 15 is 0 Å². The minimum Gasteiger partial charge on any atom is -1.00 e. The van der Waals surface area contributed by atoms with Crippen molar-refractivity contribution in [2.45, 2.75) is 38.1 Å². The number of fused-ring (bicyclic) bond motifs is 1. The number of carbonyl (C=O) groups is 1. The van der Waals surface area contributed by atoms with Crippen LogP contribution in [-0.4, -0.2) is 57.0 Å². The Morgan fingerprint density at radius 1 is 1.21 bits per heavy atom. The number of methoxy groups -OCH3 is 1. The number of quaternary nitrogens is 1. The van der Waals surface area contributed by atoms with Crippen LogP contribution in [0.15, 0.2) is 0 Å². The molecular formula is C14H26INO3. The predicted octanol–water partition coefficient (Wildman–Crippen LogP) is -1.41. The number of nitrogens with zero attached hydrogens (tertiary/aromatic N) is 1. The average molecular weight is 383 g/mol. The Kier molecular flexibility index (Phi) is 7.04. The molecule has 0 bridgehead atoms. The first-order valence-electron chi connectivity index (χ1n) is 7.14. The Bertz CT molecular complexity index is 296. The fourth-order valence-electron chi connectivity index (χ4n) is 3.79. The van der Waals surface area contributed by atoms with Crippen molar-refractivity contribution < 1.29 is 42.7 Å². The molecule has 0 saturated carbocycles. The molecule has 2 aliphatic rings. The quantitative estimate of drug-likeness (QED) is 0.340. The molecule has 2 saturated heterocycles. The van der Waals surface area contributed by atoms with Crippen LogP contribution >= 0.6 is 0 Å². The first-order valence-corrected chi connectivity index (χ1v) is 7.14. The summed E-state index contributed by atoms with van der Waals surface area (Å²) in [4.78, 5) is 11.4. The van der Waals surface area contributed by atoms with E-state index in [1.165, 1.54) is 56.8 Å². The normalized spacial score (nSPS) is 34.0. The molecular weight excluding hydrogens is 357 g/mol. The molecule has 5 heteroatoms. The zero-order valence-corrected chi connectivity index (χ0v) is 14.2. The van der Waals surface area contributed by atoms with Crippen molar-refractivity contribution >= 4 is 5.97 Å². The van der Waals surface area contributed by atoms with Gasteiger partial charge in [-0.25, -0.2) is 4.79 Å². The second-order valence-corrected chi connectivity index (χ2v) is 6.01. The van der Waals surface area contributed by atoms with Crippen molar-refractivity contribution in [3.05, 3.63) is 0 Å². The lowest BCUT2D eigenvalue weighted by Crippen LogP contribution is -3.00. The molecule has 112 valence electrons. The molecule has 19 heavy (non-hydrogen) atoms. The van der Waals surface area contributed by atoms with Crippen molar-refractivity contribution in [3.8, 4) is 0 Å². The lowest BCUT2D eigenvalue weighted by atomic mass is 9.82. The number of rotatable bonds is 4. The summed E-state index contributed by atoms with van der Waals surface area (Å²) in [6, 6.07) is 0.697. The van der Waals surface area contributed by atoms with Gasteiger partial charge in [0.05, 0.1) is 32.8 Å². The lowest BCUT2D eigenvalue weighted by molar-refractivity contribution is -0.947. The van der Waals surface area contributed by atoms with Crippen LogP contribution in [0.4, 0.5) is 0 Å². The third-order valence-corrected chi connectivity index (χ3v) is 4.73. The Labute approximate surface area is 133 Å². The van der Waals surface area contributed by atoms with Crippen molar-refractivity contribution in [2.24, 2.45) is 5.92 Å². The van der Waals surface area contributed by atoms with Gasteiger partial charge in [0.15, 0.2) is 0 Å². The van der Waals surface area contributed by atoms with E-state index in [2.05, 4.69) is 7.05 Å². The molecule has 2 rings (SSSR count). The third-order valence-electron chi connectivity index (χ3n) is 4.73. The van der Waals surface area contributed by atoms with Gasteiger partial charge in [0.2, 0.25) is 0 Å². The van der Waals surface area contributed by atoms with E-state index in [0.29, 0.717) is 18.6 Å². The van der Waals surface area contributed by atoms with Crippen LogP contribution in [0.3, 0.4) is 0 Å². The molecule has 0 spiro atoms. The standard InChI is InChI=1S/C14H26NO3.HI/c1-15-8-4-3-7-13(15)12(6-5-9-15)10-18-14(16)11-17-2;/h12-13H,3-11H2,1-2H3;1H/q+1;/p-1. The summed E-state index contributed by atoms with van der Waals surface area (Å²) < 4.78 is 11.3. The van der Waals surface area contributed by atoms with Gasteiger partial charge >= 0.3 is 5.97 Å². The van der Waals surface area contributed by atoms with E-state index in [1.54, 1.807) is 0 Å². The maximum Gasteiger partial charge on any atom is 0.332 e.